The Morgan fingerprint density at radius 2 is 1.94 bits per heavy atom. The van der Waals surface area contributed by atoms with E-state index in [1.54, 1.807) is 0 Å². The topological polar surface area (TPSA) is 38.9 Å². The van der Waals surface area contributed by atoms with E-state index in [2.05, 4.69) is 18.8 Å². The Hall–Kier alpha value is -0.410. The van der Waals surface area contributed by atoms with Gasteiger partial charge in [-0.1, -0.05) is 12.8 Å². The first kappa shape index (κ1) is 11.7. The molecule has 3 heteroatoms. The normalized spacial score (nSPS) is 33.2. The van der Waals surface area contributed by atoms with E-state index in [1.165, 1.54) is 41.3 Å². The van der Waals surface area contributed by atoms with Crippen LogP contribution in [-0.4, -0.2) is 11.0 Å². The van der Waals surface area contributed by atoms with Crippen molar-refractivity contribution in [2.24, 2.45) is 23.5 Å². The van der Waals surface area contributed by atoms with Gasteiger partial charge < -0.3 is 5.73 Å². The first-order valence-electron chi connectivity index (χ1n) is 6.85. The molecule has 2 saturated carbocycles. The summed E-state index contributed by atoms with van der Waals surface area (Å²) >= 11 is 1.83. The Balaban J connectivity index is 1.62. The molecule has 0 spiro atoms. The lowest BCUT2D eigenvalue weighted by Crippen LogP contribution is -2.26. The Morgan fingerprint density at radius 1 is 1.29 bits per heavy atom. The molecular formula is C14H22N2S. The van der Waals surface area contributed by atoms with Gasteiger partial charge >= 0.3 is 0 Å². The van der Waals surface area contributed by atoms with Gasteiger partial charge in [0.15, 0.2) is 0 Å². The number of rotatable bonds is 3. The van der Waals surface area contributed by atoms with E-state index in [-0.39, 0.29) is 0 Å². The van der Waals surface area contributed by atoms with Crippen molar-refractivity contribution < 1.29 is 0 Å². The van der Waals surface area contributed by atoms with Crippen LogP contribution >= 0.6 is 11.3 Å². The van der Waals surface area contributed by atoms with Crippen molar-refractivity contribution in [3.8, 4) is 0 Å². The van der Waals surface area contributed by atoms with E-state index in [0.29, 0.717) is 6.04 Å². The smallest absolute Gasteiger partial charge is 0.0946 e. The van der Waals surface area contributed by atoms with Gasteiger partial charge in [0.05, 0.1) is 10.7 Å². The summed E-state index contributed by atoms with van der Waals surface area (Å²) in [6.45, 7) is 4.25. The Kier molecular flexibility index (Phi) is 2.99. The second kappa shape index (κ2) is 4.36. The van der Waals surface area contributed by atoms with Gasteiger partial charge in [-0.15, -0.1) is 11.3 Å². The molecule has 2 N–H and O–H groups in total. The third-order valence-corrected chi connectivity index (χ3v) is 5.80. The summed E-state index contributed by atoms with van der Waals surface area (Å²) < 4.78 is 0. The van der Waals surface area contributed by atoms with Crippen molar-refractivity contribution >= 4 is 11.3 Å². The molecule has 3 rings (SSSR count). The molecule has 0 amide bonds. The van der Waals surface area contributed by atoms with Gasteiger partial charge in [-0.3, -0.25) is 0 Å². The molecule has 0 radical (unpaired) electrons. The van der Waals surface area contributed by atoms with E-state index < -0.39 is 0 Å². The second-order valence-corrected chi connectivity index (χ2v) is 7.09. The van der Waals surface area contributed by atoms with Crippen LogP contribution in [0.3, 0.4) is 0 Å². The van der Waals surface area contributed by atoms with Crippen LogP contribution in [0, 0.1) is 31.6 Å². The molecule has 3 unspecified atom stereocenters. The number of aryl methyl sites for hydroxylation is 2. The minimum Gasteiger partial charge on any atom is -0.327 e. The van der Waals surface area contributed by atoms with Crippen molar-refractivity contribution in [3.63, 3.8) is 0 Å². The monoisotopic (exact) mass is 250 g/mol. The van der Waals surface area contributed by atoms with Gasteiger partial charge in [-0.2, -0.15) is 0 Å². The SMILES string of the molecule is Cc1nc(CC(N)C2C3CCCCC32)sc1C. The van der Waals surface area contributed by atoms with Gasteiger partial charge in [0.25, 0.3) is 0 Å². The van der Waals surface area contributed by atoms with Crippen molar-refractivity contribution in [1.29, 1.82) is 0 Å². The summed E-state index contributed by atoms with van der Waals surface area (Å²) in [6.07, 6.45) is 6.72. The molecule has 2 nitrogen and oxygen atoms in total. The Morgan fingerprint density at radius 3 is 2.47 bits per heavy atom. The van der Waals surface area contributed by atoms with Crippen molar-refractivity contribution in [1.82, 2.24) is 4.98 Å². The number of nitrogens with two attached hydrogens (primary N) is 1. The summed E-state index contributed by atoms with van der Waals surface area (Å²) in [5.74, 6) is 2.73. The molecule has 1 aromatic rings. The number of hydrogen-bond donors (Lipinski definition) is 1. The summed E-state index contributed by atoms with van der Waals surface area (Å²) in [5.41, 5.74) is 7.58. The zero-order chi connectivity index (χ0) is 12.0. The minimum atomic E-state index is 0.355. The second-order valence-electron chi connectivity index (χ2n) is 5.81. The third-order valence-electron chi connectivity index (χ3n) is 4.70. The average molecular weight is 250 g/mol. The van der Waals surface area contributed by atoms with Crippen molar-refractivity contribution in [2.75, 3.05) is 0 Å². The van der Waals surface area contributed by atoms with Crippen LogP contribution in [0.2, 0.25) is 0 Å². The van der Waals surface area contributed by atoms with Gasteiger partial charge in [0.2, 0.25) is 0 Å². The fourth-order valence-electron chi connectivity index (χ4n) is 3.65. The molecule has 0 bridgehead atoms. The first-order chi connectivity index (χ1) is 8.16. The summed E-state index contributed by atoms with van der Waals surface area (Å²) in [7, 11) is 0. The highest BCUT2D eigenvalue weighted by atomic mass is 32.1. The lowest BCUT2D eigenvalue weighted by molar-refractivity contribution is 0.480. The van der Waals surface area contributed by atoms with Crippen LogP contribution in [0.15, 0.2) is 0 Å². The Bertz CT molecular complexity index is 381. The van der Waals surface area contributed by atoms with Gasteiger partial charge in [0.1, 0.15) is 0 Å². The highest BCUT2D eigenvalue weighted by molar-refractivity contribution is 7.11. The zero-order valence-electron chi connectivity index (χ0n) is 10.8. The quantitative estimate of drug-likeness (QED) is 0.895. The largest absolute Gasteiger partial charge is 0.327 e. The fraction of sp³-hybridized carbons (Fsp3) is 0.786. The van der Waals surface area contributed by atoms with E-state index in [9.17, 15) is 0 Å². The molecule has 17 heavy (non-hydrogen) atoms. The molecule has 1 heterocycles. The molecule has 3 atom stereocenters. The van der Waals surface area contributed by atoms with Gasteiger partial charge in [-0.25, -0.2) is 4.98 Å². The molecule has 1 aromatic heterocycles. The third kappa shape index (κ3) is 2.15. The number of hydrogen-bond acceptors (Lipinski definition) is 3. The Labute approximate surface area is 108 Å². The van der Waals surface area contributed by atoms with E-state index in [0.717, 1.165) is 24.2 Å². The molecule has 0 saturated heterocycles. The maximum atomic E-state index is 6.40. The standard InChI is InChI=1S/C14H22N2S/c1-8-9(2)17-13(16-8)7-12(15)14-10-5-3-4-6-11(10)14/h10-12,14H,3-7,15H2,1-2H3. The minimum absolute atomic E-state index is 0.355. The van der Waals surface area contributed by atoms with Crippen molar-refractivity contribution in [2.45, 2.75) is 52.0 Å². The summed E-state index contributed by atoms with van der Waals surface area (Å²) in [4.78, 5) is 5.96. The molecule has 2 aliphatic carbocycles. The van der Waals surface area contributed by atoms with Crippen LogP contribution in [0.25, 0.3) is 0 Å². The highest BCUT2D eigenvalue weighted by Crippen LogP contribution is 2.56. The van der Waals surface area contributed by atoms with Crippen LogP contribution in [0.5, 0.6) is 0 Å². The molecule has 0 aromatic carbocycles. The lowest BCUT2D eigenvalue weighted by atomic mass is 10.0. The maximum absolute atomic E-state index is 6.40. The van der Waals surface area contributed by atoms with Crippen LogP contribution in [-0.2, 0) is 6.42 Å². The molecule has 2 fully saturated rings. The van der Waals surface area contributed by atoms with Crippen LogP contribution in [0.1, 0.15) is 41.3 Å². The van der Waals surface area contributed by atoms with Crippen LogP contribution < -0.4 is 5.73 Å². The van der Waals surface area contributed by atoms with Gasteiger partial charge in [-0.05, 0) is 44.4 Å². The first-order valence-corrected chi connectivity index (χ1v) is 7.67. The summed E-state index contributed by atoms with van der Waals surface area (Å²) in [5, 5.41) is 1.25. The van der Waals surface area contributed by atoms with E-state index in [4.69, 9.17) is 5.73 Å². The van der Waals surface area contributed by atoms with Crippen molar-refractivity contribution in [3.05, 3.63) is 15.6 Å². The average Bonchev–Trinajstić information content (AvgIpc) is 2.94. The van der Waals surface area contributed by atoms with E-state index in [1.807, 2.05) is 11.3 Å². The molecule has 94 valence electrons. The predicted octanol–water partition coefficient (Wildman–Crippen LogP) is 3.07. The van der Waals surface area contributed by atoms with Gasteiger partial charge in [0, 0.05) is 17.3 Å². The number of fused-ring (bicyclic) bond motifs is 1. The highest BCUT2D eigenvalue weighted by Gasteiger charge is 2.53. The maximum Gasteiger partial charge on any atom is 0.0946 e. The number of aromatic nitrogens is 1. The predicted molar refractivity (Wildman–Crippen MR) is 72.2 cm³/mol. The summed E-state index contributed by atoms with van der Waals surface area (Å²) in [6, 6.07) is 0.355. The van der Waals surface area contributed by atoms with Crippen LogP contribution in [0.4, 0.5) is 0 Å². The molecule has 0 aliphatic heterocycles. The molecular weight excluding hydrogens is 228 g/mol. The molecule has 2 aliphatic rings. The fourth-order valence-corrected chi connectivity index (χ4v) is 4.65. The number of thiazole rings is 1. The van der Waals surface area contributed by atoms with E-state index >= 15 is 0 Å². The lowest BCUT2D eigenvalue weighted by Gasteiger charge is -2.08. The zero-order valence-corrected chi connectivity index (χ0v) is 11.6. The number of nitrogens with zero attached hydrogens (tertiary/aromatic N) is 1.